The molecule has 0 unspecified atom stereocenters. The van der Waals surface area contributed by atoms with E-state index < -0.39 is 0 Å². The SMILES string of the molecule is CCn1c2ccccc2c2cc(CNCCNc3ccc([N+](=O)[O-])cc3)ccc21. The summed E-state index contributed by atoms with van der Waals surface area (Å²) in [5.41, 5.74) is 4.80. The molecule has 1 heterocycles. The van der Waals surface area contributed by atoms with Gasteiger partial charge in [-0.05, 0) is 42.8 Å². The molecule has 0 aliphatic rings. The first-order valence-electron chi connectivity index (χ1n) is 9.86. The zero-order chi connectivity index (χ0) is 20.2. The van der Waals surface area contributed by atoms with Crippen molar-refractivity contribution in [3.63, 3.8) is 0 Å². The summed E-state index contributed by atoms with van der Waals surface area (Å²) in [5, 5.41) is 20.0. The van der Waals surface area contributed by atoms with Crippen LogP contribution in [0.2, 0.25) is 0 Å². The summed E-state index contributed by atoms with van der Waals surface area (Å²) in [5.74, 6) is 0. The van der Waals surface area contributed by atoms with Crippen LogP contribution in [0.15, 0.2) is 66.7 Å². The van der Waals surface area contributed by atoms with Gasteiger partial charge in [0.25, 0.3) is 5.69 Å². The Kier molecular flexibility index (Phi) is 5.44. The lowest BCUT2D eigenvalue weighted by atomic mass is 10.1. The summed E-state index contributed by atoms with van der Waals surface area (Å²) in [4.78, 5) is 10.3. The molecular formula is C23H24N4O2. The van der Waals surface area contributed by atoms with Crippen LogP contribution in [0.25, 0.3) is 21.8 Å². The zero-order valence-corrected chi connectivity index (χ0v) is 16.4. The van der Waals surface area contributed by atoms with Crippen LogP contribution in [0.4, 0.5) is 11.4 Å². The number of benzene rings is 3. The van der Waals surface area contributed by atoms with Crippen LogP contribution in [0.1, 0.15) is 12.5 Å². The van der Waals surface area contributed by atoms with E-state index in [2.05, 4.69) is 64.6 Å². The topological polar surface area (TPSA) is 72.1 Å². The van der Waals surface area contributed by atoms with Crippen molar-refractivity contribution >= 4 is 33.2 Å². The number of aryl methyl sites for hydroxylation is 1. The van der Waals surface area contributed by atoms with Crippen molar-refractivity contribution < 1.29 is 4.92 Å². The number of aromatic nitrogens is 1. The standard InChI is InChI=1S/C23H24N4O2/c1-2-26-22-6-4-3-5-20(22)21-15-17(7-12-23(21)26)16-24-13-14-25-18-8-10-19(11-9-18)27(28)29/h3-12,15,24-25H,2,13-14,16H2,1H3. The fourth-order valence-electron chi connectivity index (χ4n) is 3.78. The summed E-state index contributed by atoms with van der Waals surface area (Å²) >= 11 is 0. The third-order valence-corrected chi connectivity index (χ3v) is 5.19. The van der Waals surface area contributed by atoms with E-state index in [0.29, 0.717) is 0 Å². The van der Waals surface area contributed by atoms with Crippen LogP contribution in [0.3, 0.4) is 0 Å². The van der Waals surface area contributed by atoms with Gasteiger partial charge < -0.3 is 15.2 Å². The van der Waals surface area contributed by atoms with E-state index in [1.165, 1.54) is 39.5 Å². The van der Waals surface area contributed by atoms with E-state index in [4.69, 9.17) is 0 Å². The number of rotatable bonds is 8. The van der Waals surface area contributed by atoms with Crippen molar-refractivity contribution in [2.75, 3.05) is 18.4 Å². The molecule has 0 fully saturated rings. The van der Waals surface area contributed by atoms with Gasteiger partial charge in [-0.2, -0.15) is 0 Å². The molecule has 0 saturated heterocycles. The molecule has 0 atom stereocenters. The Morgan fingerprint density at radius 3 is 2.45 bits per heavy atom. The van der Waals surface area contributed by atoms with Gasteiger partial charge in [-0.1, -0.05) is 24.3 Å². The lowest BCUT2D eigenvalue weighted by Gasteiger charge is -2.08. The highest BCUT2D eigenvalue weighted by atomic mass is 16.6. The van der Waals surface area contributed by atoms with Gasteiger partial charge in [-0.25, -0.2) is 0 Å². The Labute approximate surface area is 169 Å². The maximum atomic E-state index is 10.7. The molecule has 29 heavy (non-hydrogen) atoms. The van der Waals surface area contributed by atoms with E-state index in [1.807, 2.05) is 0 Å². The molecule has 1 aromatic heterocycles. The number of fused-ring (bicyclic) bond motifs is 3. The number of non-ortho nitro benzene ring substituents is 1. The summed E-state index contributed by atoms with van der Waals surface area (Å²) < 4.78 is 2.36. The molecule has 6 heteroatoms. The van der Waals surface area contributed by atoms with Crippen LogP contribution >= 0.6 is 0 Å². The van der Waals surface area contributed by atoms with Crippen LogP contribution in [0, 0.1) is 10.1 Å². The second-order valence-corrected chi connectivity index (χ2v) is 7.02. The Balaban J connectivity index is 1.36. The number of para-hydroxylation sites is 1. The van der Waals surface area contributed by atoms with Gasteiger partial charge in [-0.3, -0.25) is 10.1 Å². The summed E-state index contributed by atoms with van der Waals surface area (Å²) in [7, 11) is 0. The molecule has 0 aliphatic heterocycles. The van der Waals surface area contributed by atoms with E-state index in [0.717, 1.165) is 31.9 Å². The first-order valence-corrected chi connectivity index (χ1v) is 9.86. The first kappa shape index (κ1) is 19.0. The van der Waals surface area contributed by atoms with Crippen molar-refractivity contribution in [2.45, 2.75) is 20.0 Å². The molecule has 6 nitrogen and oxygen atoms in total. The fourth-order valence-corrected chi connectivity index (χ4v) is 3.78. The molecule has 0 radical (unpaired) electrons. The Hall–Kier alpha value is -3.38. The van der Waals surface area contributed by atoms with Crippen LogP contribution in [-0.4, -0.2) is 22.6 Å². The monoisotopic (exact) mass is 388 g/mol. The highest BCUT2D eigenvalue weighted by Crippen LogP contribution is 2.29. The molecule has 3 aromatic carbocycles. The molecule has 4 rings (SSSR count). The highest BCUT2D eigenvalue weighted by Gasteiger charge is 2.09. The van der Waals surface area contributed by atoms with Gasteiger partial charge in [0.2, 0.25) is 0 Å². The van der Waals surface area contributed by atoms with Crippen LogP contribution < -0.4 is 10.6 Å². The van der Waals surface area contributed by atoms with Crippen molar-refractivity contribution in [2.24, 2.45) is 0 Å². The normalized spacial score (nSPS) is 11.2. The first-order chi connectivity index (χ1) is 14.2. The molecule has 0 saturated carbocycles. The molecule has 4 aromatic rings. The quantitative estimate of drug-likeness (QED) is 0.255. The average molecular weight is 388 g/mol. The number of nitrogens with one attached hydrogen (secondary N) is 2. The third-order valence-electron chi connectivity index (χ3n) is 5.19. The number of nitro groups is 1. The molecule has 0 bridgehead atoms. The lowest BCUT2D eigenvalue weighted by Crippen LogP contribution is -2.21. The van der Waals surface area contributed by atoms with Gasteiger partial charge >= 0.3 is 0 Å². The molecule has 148 valence electrons. The minimum Gasteiger partial charge on any atom is -0.384 e. The van der Waals surface area contributed by atoms with Gasteiger partial charge in [0.15, 0.2) is 0 Å². The molecule has 2 N–H and O–H groups in total. The van der Waals surface area contributed by atoms with Crippen molar-refractivity contribution in [3.05, 3.63) is 82.4 Å². The summed E-state index contributed by atoms with van der Waals surface area (Å²) in [6.45, 7) is 5.47. The maximum Gasteiger partial charge on any atom is 0.269 e. The second-order valence-electron chi connectivity index (χ2n) is 7.02. The van der Waals surface area contributed by atoms with Crippen LogP contribution in [-0.2, 0) is 13.1 Å². The van der Waals surface area contributed by atoms with E-state index in [1.54, 1.807) is 12.1 Å². The Morgan fingerprint density at radius 1 is 0.931 bits per heavy atom. The zero-order valence-electron chi connectivity index (χ0n) is 16.4. The van der Waals surface area contributed by atoms with Crippen molar-refractivity contribution in [3.8, 4) is 0 Å². The van der Waals surface area contributed by atoms with E-state index in [-0.39, 0.29) is 10.6 Å². The minimum absolute atomic E-state index is 0.105. The van der Waals surface area contributed by atoms with Crippen molar-refractivity contribution in [1.29, 1.82) is 0 Å². The number of hydrogen-bond acceptors (Lipinski definition) is 4. The minimum atomic E-state index is -0.389. The highest BCUT2D eigenvalue weighted by molar-refractivity contribution is 6.08. The Morgan fingerprint density at radius 2 is 1.69 bits per heavy atom. The average Bonchev–Trinajstić information content (AvgIpc) is 3.07. The predicted octanol–water partition coefficient (Wildman–Crippen LogP) is 4.92. The number of nitro benzene ring substituents is 1. The van der Waals surface area contributed by atoms with Gasteiger partial charge in [0, 0.05) is 65.8 Å². The van der Waals surface area contributed by atoms with Gasteiger partial charge in [0.1, 0.15) is 0 Å². The van der Waals surface area contributed by atoms with Crippen LogP contribution in [0.5, 0.6) is 0 Å². The predicted molar refractivity (Wildman–Crippen MR) is 118 cm³/mol. The summed E-state index contributed by atoms with van der Waals surface area (Å²) in [6.07, 6.45) is 0. The molecule has 0 amide bonds. The number of hydrogen-bond donors (Lipinski definition) is 2. The molecule has 0 aliphatic carbocycles. The third kappa shape index (κ3) is 3.93. The Bertz CT molecular complexity index is 1150. The van der Waals surface area contributed by atoms with E-state index >= 15 is 0 Å². The molecule has 0 spiro atoms. The van der Waals surface area contributed by atoms with Gasteiger partial charge in [0.05, 0.1) is 4.92 Å². The smallest absolute Gasteiger partial charge is 0.269 e. The lowest BCUT2D eigenvalue weighted by molar-refractivity contribution is -0.384. The second kappa shape index (κ2) is 8.32. The van der Waals surface area contributed by atoms with Crippen molar-refractivity contribution in [1.82, 2.24) is 9.88 Å². The summed E-state index contributed by atoms with van der Waals surface area (Å²) in [6, 6.07) is 21.7. The molecular weight excluding hydrogens is 364 g/mol. The fraction of sp³-hybridized carbons (Fsp3) is 0.217. The maximum absolute atomic E-state index is 10.7. The largest absolute Gasteiger partial charge is 0.384 e. The van der Waals surface area contributed by atoms with Gasteiger partial charge in [-0.15, -0.1) is 0 Å². The van der Waals surface area contributed by atoms with E-state index in [9.17, 15) is 10.1 Å². The number of anilines is 1. The number of nitrogens with zero attached hydrogens (tertiary/aromatic N) is 2.